The fourth-order valence-corrected chi connectivity index (χ4v) is 2.46. The first-order chi connectivity index (χ1) is 10.3. The van der Waals surface area contributed by atoms with E-state index in [1.54, 1.807) is 0 Å². The van der Waals surface area contributed by atoms with Gasteiger partial charge < -0.3 is 10.6 Å². The van der Waals surface area contributed by atoms with Gasteiger partial charge in [-0.1, -0.05) is 30.3 Å². The van der Waals surface area contributed by atoms with Crippen molar-refractivity contribution in [2.24, 2.45) is 0 Å². The lowest BCUT2D eigenvalue weighted by atomic mass is 10.1. The molecule has 3 rings (SSSR count). The molecule has 21 heavy (non-hydrogen) atoms. The maximum atomic E-state index is 5.74. The van der Waals surface area contributed by atoms with E-state index in [0.29, 0.717) is 0 Å². The summed E-state index contributed by atoms with van der Waals surface area (Å²) in [6, 6.07) is 16.1. The van der Waals surface area contributed by atoms with Crippen LogP contribution in [-0.2, 0) is 6.54 Å². The number of nitrogen functional groups attached to an aromatic ring is 1. The number of nitrogens with zero attached hydrogens (tertiary/aromatic N) is 3. The van der Waals surface area contributed by atoms with Gasteiger partial charge in [-0.3, -0.25) is 0 Å². The predicted octanol–water partition coefficient (Wildman–Crippen LogP) is 3.24. The van der Waals surface area contributed by atoms with E-state index >= 15 is 0 Å². The normalized spacial score (nSPS) is 10.7. The Balaban J connectivity index is 1.96. The zero-order valence-electron chi connectivity index (χ0n) is 12.0. The van der Waals surface area contributed by atoms with Gasteiger partial charge >= 0.3 is 0 Å². The van der Waals surface area contributed by atoms with Crippen molar-refractivity contribution in [2.45, 2.75) is 13.5 Å². The molecular formula is C17H18N4. The van der Waals surface area contributed by atoms with Crippen LogP contribution in [0.3, 0.4) is 0 Å². The number of benzene rings is 2. The highest BCUT2D eigenvalue weighted by molar-refractivity contribution is 5.90. The van der Waals surface area contributed by atoms with E-state index in [1.807, 2.05) is 36.5 Å². The Morgan fingerprint density at radius 1 is 1.05 bits per heavy atom. The van der Waals surface area contributed by atoms with E-state index in [9.17, 15) is 0 Å². The summed E-state index contributed by atoms with van der Waals surface area (Å²) in [5, 5.41) is 9.44. The average Bonchev–Trinajstić information content (AvgIpc) is 2.54. The first kappa shape index (κ1) is 13.4. The molecule has 4 nitrogen and oxygen atoms in total. The maximum absolute atomic E-state index is 5.74. The SMILES string of the molecule is CCN(Cc1ccc(N)cc1)c1cnnc2ccccc12. The van der Waals surface area contributed by atoms with Crippen LogP contribution in [0.4, 0.5) is 11.4 Å². The lowest BCUT2D eigenvalue weighted by Gasteiger charge is -2.24. The van der Waals surface area contributed by atoms with Gasteiger partial charge in [0.25, 0.3) is 0 Å². The molecule has 0 bridgehead atoms. The third kappa shape index (κ3) is 2.79. The Kier molecular flexibility index (Phi) is 3.69. The summed E-state index contributed by atoms with van der Waals surface area (Å²) < 4.78 is 0. The second kappa shape index (κ2) is 5.79. The van der Waals surface area contributed by atoms with Crippen molar-refractivity contribution in [3.63, 3.8) is 0 Å². The van der Waals surface area contributed by atoms with Crippen LogP contribution in [0.2, 0.25) is 0 Å². The molecule has 0 saturated heterocycles. The fourth-order valence-electron chi connectivity index (χ4n) is 2.46. The lowest BCUT2D eigenvalue weighted by Crippen LogP contribution is -2.22. The number of nitrogens with two attached hydrogens (primary N) is 1. The quantitative estimate of drug-likeness (QED) is 0.744. The van der Waals surface area contributed by atoms with Gasteiger partial charge in [-0.15, -0.1) is 0 Å². The molecule has 3 aromatic rings. The van der Waals surface area contributed by atoms with E-state index in [1.165, 1.54) is 5.56 Å². The molecule has 0 spiro atoms. The Morgan fingerprint density at radius 2 is 1.81 bits per heavy atom. The fraction of sp³-hybridized carbons (Fsp3) is 0.176. The van der Waals surface area contributed by atoms with Crippen LogP contribution in [0.1, 0.15) is 12.5 Å². The van der Waals surface area contributed by atoms with Gasteiger partial charge in [-0.05, 0) is 30.7 Å². The molecule has 2 N–H and O–H groups in total. The smallest absolute Gasteiger partial charge is 0.0950 e. The molecule has 0 aliphatic carbocycles. The topological polar surface area (TPSA) is 55.0 Å². The standard InChI is InChI=1S/C17H18N4/c1-2-21(12-13-7-9-14(18)10-8-13)17-11-19-20-16-6-4-3-5-15(16)17/h3-11H,2,12,18H2,1H3. The van der Waals surface area contributed by atoms with Crippen LogP contribution < -0.4 is 10.6 Å². The van der Waals surface area contributed by atoms with Crippen molar-refractivity contribution < 1.29 is 0 Å². The molecule has 0 amide bonds. The summed E-state index contributed by atoms with van der Waals surface area (Å²) >= 11 is 0. The van der Waals surface area contributed by atoms with E-state index in [-0.39, 0.29) is 0 Å². The molecule has 0 fully saturated rings. The second-order valence-corrected chi connectivity index (χ2v) is 5.00. The molecule has 4 heteroatoms. The number of hydrogen-bond donors (Lipinski definition) is 1. The number of hydrogen-bond acceptors (Lipinski definition) is 4. The average molecular weight is 278 g/mol. The van der Waals surface area contributed by atoms with Crippen molar-refractivity contribution in [1.82, 2.24) is 10.2 Å². The van der Waals surface area contributed by atoms with Gasteiger partial charge in [0, 0.05) is 24.2 Å². The van der Waals surface area contributed by atoms with E-state index in [2.05, 4.69) is 40.2 Å². The van der Waals surface area contributed by atoms with Gasteiger partial charge in [-0.2, -0.15) is 10.2 Å². The molecule has 0 saturated carbocycles. The minimum Gasteiger partial charge on any atom is -0.399 e. The van der Waals surface area contributed by atoms with Crippen LogP contribution in [-0.4, -0.2) is 16.7 Å². The van der Waals surface area contributed by atoms with E-state index in [0.717, 1.165) is 35.4 Å². The molecule has 106 valence electrons. The summed E-state index contributed by atoms with van der Waals surface area (Å²) in [6.07, 6.45) is 1.84. The highest BCUT2D eigenvalue weighted by Gasteiger charge is 2.10. The van der Waals surface area contributed by atoms with E-state index in [4.69, 9.17) is 5.73 Å². The minimum atomic E-state index is 0.790. The highest BCUT2D eigenvalue weighted by Crippen LogP contribution is 2.25. The number of fused-ring (bicyclic) bond motifs is 1. The molecule has 0 aliphatic rings. The first-order valence-corrected chi connectivity index (χ1v) is 7.07. The summed E-state index contributed by atoms with van der Waals surface area (Å²) in [4.78, 5) is 2.29. The van der Waals surface area contributed by atoms with Gasteiger partial charge in [0.15, 0.2) is 0 Å². The Bertz CT molecular complexity index is 732. The summed E-state index contributed by atoms with van der Waals surface area (Å²) in [7, 11) is 0. The van der Waals surface area contributed by atoms with Crippen LogP contribution in [0.25, 0.3) is 10.9 Å². The van der Waals surface area contributed by atoms with Crippen LogP contribution in [0.15, 0.2) is 54.7 Å². The molecule has 0 radical (unpaired) electrons. The third-order valence-corrected chi connectivity index (χ3v) is 3.60. The molecule has 2 aromatic carbocycles. The number of rotatable bonds is 4. The Labute approximate surface area is 124 Å². The van der Waals surface area contributed by atoms with E-state index < -0.39 is 0 Å². The molecule has 0 atom stereocenters. The van der Waals surface area contributed by atoms with Crippen molar-refractivity contribution >= 4 is 22.3 Å². The Morgan fingerprint density at radius 3 is 2.57 bits per heavy atom. The van der Waals surface area contributed by atoms with Gasteiger partial charge in [-0.25, -0.2) is 0 Å². The highest BCUT2D eigenvalue weighted by atomic mass is 15.2. The molecule has 1 heterocycles. The summed E-state index contributed by atoms with van der Waals surface area (Å²) in [5.74, 6) is 0. The minimum absolute atomic E-state index is 0.790. The third-order valence-electron chi connectivity index (χ3n) is 3.60. The molecule has 0 aliphatic heterocycles. The summed E-state index contributed by atoms with van der Waals surface area (Å²) in [5.41, 5.74) is 9.79. The van der Waals surface area contributed by atoms with Crippen LogP contribution >= 0.6 is 0 Å². The largest absolute Gasteiger partial charge is 0.399 e. The molecule has 0 unspecified atom stereocenters. The molecular weight excluding hydrogens is 260 g/mol. The molecule has 1 aromatic heterocycles. The monoisotopic (exact) mass is 278 g/mol. The number of anilines is 2. The zero-order chi connectivity index (χ0) is 14.7. The lowest BCUT2D eigenvalue weighted by molar-refractivity contribution is 0.829. The van der Waals surface area contributed by atoms with Crippen molar-refractivity contribution in [1.29, 1.82) is 0 Å². The van der Waals surface area contributed by atoms with Crippen LogP contribution in [0.5, 0.6) is 0 Å². The first-order valence-electron chi connectivity index (χ1n) is 7.07. The van der Waals surface area contributed by atoms with Crippen LogP contribution in [0, 0.1) is 0 Å². The van der Waals surface area contributed by atoms with Gasteiger partial charge in [0.2, 0.25) is 0 Å². The van der Waals surface area contributed by atoms with Crippen molar-refractivity contribution in [3.8, 4) is 0 Å². The van der Waals surface area contributed by atoms with Gasteiger partial charge in [0.1, 0.15) is 0 Å². The summed E-state index contributed by atoms with van der Waals surface area (Å²) in [6.45, 7) is 3.87. The number of aromatic nitrogens is 2. The van der Waals surface area contributed by atoms with Crippen molar-refractivity contribution in [2.75, 3.05) is 17.2 Å². The predicted molar refractivity (Wildman–Crippen MR) is 87.1 cm³/mol. The van der Waals surface area contributed by atoms with Crippen molar-refractivity contribution in [3.05, 3.63) is 60.3 Å². The maximum Gasteiger partial charge on any atom is 0.0950 e. The second-order valence-electron chi connectivity index (χ2n) is 5.00. The zero-order valence-corrected chi connectivity index (χ0v) is 12.0. The Hall–Kier alpha value is -2.62. The van der Waals surface area contributed by atoms with Gasteiger partial charge in [0.05, 0.1) is 17.4 Å².